The lowest BCUT2D eigenvalue weighted by atomic mass is 9.68. The first kappa shape index (κ1) is 33.5. The fraction of sp³-hybridized carbons (Fsp3) is 0.386. The van der Waals surface area contributed by atoms with E-state index in [9.17, 15) is 14.7 Å². The average molecular weight is 682 g/mol. The maximum absolute atomic E-state index is 14.3. The number of phenols is 1. The minimum atomic E-state index is -0.324. The molecule has 3 fully saturated rings. The maximum Gasteiger partial charge on any atom is 0.234 e. The van der Waals surface area contributed by atoms with Gasteiger partial charge in [0.1, 0.15) is 5.75 Å². The number of imide groups is 1. The standard InChI is InChI=1S/C44H47N3O4/c1-2-10-32-26-36-42(44(50)47(43(36)49)33-20-23-46(24-21-33)27-29-11-4-3-5-12-29)37-28-51-40(41(32)37)19-17-31(38-15-8-9-22-45-38)25-30-16-18-39(48)35-14-7-6-13-34(30)35/h3-9,11-16,18,22,25,33,36-37,40,42,48H,2,10,17,19-21,23-24,26-28H2,1H3/b31-25-/t36-,37+,40-,42-/m1/s1. The zero-order valence-electron chi connectivity index (χ0n) is 29.4. The van der Waals surface area contributed by atoms with E-state index in [1.54, 1.807) is 11.0 Å². The van der Waals surface area contributed by atoms with Crippen LogP contribution in [0, 0.1) is 17.8 Å². The zero-order valence-corrected chi connectivity index (χ0v) is 29.4. The number of likely N-dealkylation sites (tertiary alicyclic amines) is 2. The van der Waals surface area contributed by atoms with E-state index in [4.69, 9.17) is 9.72 Å². The number of phenolic OH excluding ortho intramolecular Hbond substituents is 1. The van der Waals surface area contributed by atoms with Crippen LogP contribution in [0.3, 0.4) is 0 Å². The second-order valence-electron chi connectivity index (χ2n) is 14.8. The summed E-state index contributed by atoms with van der Waals surface area (Å²) in [6, 6.07) is 28.1. The van der Waals surface area contributed by atoms with Crippen LogP contribution in [0.2, 0.25) is 0 Å². The lowest BCUT2D eigenvalue weighted by Crippen LogP contribution is -2.47. The van der Waals surface area contributed by atoms with Gasteiger partial charge in [-0.05, 0) is 90.5 Å². The first-order valence-electron chi connectivity index (χ1n) is 18.8. The molecule has 1 aromatic heterocycles. The first-order valence-corrected chi connectivity index (χ1v) is 18.8. The van der Waals surface area contributed by atoms with Crippen molar-refractivity contribution >= 4 is 34.2 Å². The number of aromatic hydroxyl groups is 1. The fourth-order valence-corrected chi connectivity index (χ4v) is 9.31. The van der Waals surface area contributed by atoms with Gasteiger partial charge in [-0.15, -0.1) is 0 Å². The number of carbonyl (C=O) groups is 2. The number of nitrogens with zero attached hydrogens (tertiary/aromatic N) is 3. The van der Waals surface area contributed by atoms with Gasteiger partial charge in [0.05, 0.1) is 30.2 Å². The number of aromatic nitrogens is 1. The molecule has 4 aliphatic rings. The number of hydrogen-bond acceptors (Lipinski definition) is 6. The molecule has 7 nitrogen and oxygen atoms in total. The summed E-state index contributed by atoms with van der Waals surface area (Å²) in [5.74, 6) is -0.297. The molecule has 0 bridgehead atoms. The van der Waals surface area contributed by atoms with Gasteiger partial charge in [0, 0.05) is 43.2 Å². The predicted molar refractivity (Wildman–Crippen MR) is 200 cm³/mol. The lowest BCUT2D eigenvalue weighted by Gasteiger charge is -2.36. The number of rotatable bonds is 10. The van der Waals surface area contributed by atoms with E-state index in [-0.39, 0.29) is 47.5 Å². The summed E-state index contributed by atoms with van der Waals surface area (Å²) in [7, 11) is 0. The Hall–Kier alpha value is -4.59. The first-order chi connectivity index (χ1) is 25.0. The molecule has 4 atom stereocenters. The Morgan fingerprint density at radius 3 is 2.43 bits per heavy atom. The molecular weight excluding hydrogens is 635 g/mol. The molecule has 1 N–H and O–H groups in total. The van der Waals surface area contributed by atoms with Crippen molar-refractivity contribution in [3.63, 3.8) is 0 Å². The van der Waals surface area contributed by atoms with Gasteiger partial charge in [0.25, 0.3) is 0 Å². The largest absolute Gasteiger partial charge is 0.507 e. The predicted octanol–water partition coefficient (Wildman–Crippen LogP) is 8.04. The molecule has 4 heterocycles. The summed E-state index contributed by atoms with van der Waals surface area (Å²) in [5, 5.41) is 12.3. The lowest BCUT2D eigenvalue weighted by molar-refractivity contribution is -0.144. The SMILES string of the molecule is CCCC1=C2[C@@H](CC/C(=C/c3ccc(O)c4ccccc34)c3ccccn3)OC[C@@H]2[C@@H]2C(=O)N(C3CCN(Cc4ccccc4)CC3)C(=O)[C@@H]2C1. The number of carbonyl (C=O) groups excluding carboxylic acids is 2. The summed E-state index contributed by atoms with van der Waals surface area (Å²) >= 11 is 0. The number of fused-ring (bicyclic) bond motifs is 4. The van der Waals surface area contributed by atoms with Crippen LogP contribution < -0.4 is 0 Å². The van der Waals surface area contributed by atoms with Crippen molar-refractivity contribution in [2.24, 2.45) is 17.8 Å². The number of ether oxygens (including phenoxy) is 1. The van der Waals surface area contributed by atoms with E-state index in [1.807, 2.05) is 60.8 Å². The van der Waals surface area contributed by atoms with Gasteiger partial charge >= 0.3 is 0 Å². The Kier molecular flexibility index (Phi) is 9.58. The van der Waals surface area contributed by atoms with Crippen molar-refractivity contribution in [1.29, 1.82) is 0 Å². The summed E-state index contributed by atoms with van der Waals surface area (Å²) in [6.07, 6.45) is 9.66. The molecule has 2 amide bonds. The Morgan fingerprint density at radius 1 is 0.902 bits per heavy atom. The highest BCUT2D eigenvalue weighted by Crippen LogP contribution is 2.51. The minimum absolute atomic E-state index is 0.0270. The molecule has 7 heteroatoms. The van der Waals surface area contributed by atoms with Crippen molar-refractivity contribution < 1.29 is 19.4 Å². The molecule has 0 spiro atoms. The van der Waals surface area contributed by atoms with Gasteiger partial charge in [-0.25, -0.2) is 0 Å². The molecule has 0 unspecified atom stereocenters. The quantitative estimate of drug-likeness (QED) is 0.135. The second-order valence-corrected chi connectivity index (χ2v) is 14.8. The van der Waals surface area contributed by atoms with E-state index >= 15 is 0 Å². The smallest absolute Gasteiger partial charge is 0.234 e. The van der Waals surface area contributed by atoms with Crippen molar-refractivity contribution in [2.45, 2.75) is 70.6 Å². The van der Waals surface area contributed by atoms with E-state index in [1.165, 1.54) is 16.7 Å². The van der Waals surface area contributed by atoms with Crippen LogP contribution in [0.1, 0.15) is 68.7 Å². The number of piperidine rings is 1. The molecule has 0 saturated carbocycles. The van der Waals surface area contributed by atoms with E-state index in [2.05, 4.69) is 42.2 Å². The van der Waals surface area contributed by atoms with E-state index < -0.39 is 0 Å². The van der Waals surface area contributed by atoms with Crippen LogP contribution in [-0.4, -0.2) is 63.5 Å². The van der Waals surface area contributed by atoms with Gasteiger partial charge in [0.15, 0.2) is 0 Å². The Morgan fingerprint density at radius 2 is 1.67 bits per heavy atom. The molecule has 3 aliphatic heterocycles. The minimum Gasteiger partial charge on any atom is -0.507 e. The third kappa shape index (κ3) is 6.54. The second kappa shape index (κ2) is 14.6. The highest BCUT2D eigenvalue weighted by molar-refractivity contribution is 6.06. The highest BCUT2D eigenvalue weighted by atomic mass is 16.5. The Bertz CT molecular complexity index is 1960. The third-order valence-corrected chi connectivity index (χ3v) is 11.7. The number of pyridine rings is 1. The number of benzene rings is 3. The molecule has 8 rings (SSSR count). The number of allylic oxidation sites excluding steroid dienone is 2. The van der Waals surface area contributed by atoms with Gasteiger partial charge < -0.3 is 9.84 Å². The van der Waals surface area contributed by atoms with Crippen LogP contribution in [-0.2, 0) is 20.9 Å². The van der Waals surface area contributed by atoms with Crippen molar-refractivity contribution in [2.75, 3.05) is 19.7 Å². The van der Waals surface area contributed by atoms with E-state index in [0.717, 1.165) is 85.8 Å². The third-order valence-electron chi connectivity index (χ3n) is 11.7. The zero-order chi connectivity index (χ0) is 34.9. The Balaban J connectivity index is 1.01. The van der Waals surface area contributed by atoms with Gasteiger partial charge in [-0.1, -0.05) is 85.6 Å². The summed E-state index contributed by atoms with van der Waals surface area (Å²) in [4.78, 5) is 37.3. The van der Waals surface area contributed by atoms with Crippen molar-refractivity contribution in [3.8, 4) is 5.75 Å². The highest BCUT2D eigenvalue weighted by Gasteiger charge is 2.58. The summed E-state index contributed by atoms with van der Waals surface area (Å²) in [5.41, 5.74) is 6.96. The topological polar surface area (TPSA) is 83.0 Å². The molecule has 4 aromatic rings. The van der Waals surface area contributed by atoms with E-state index in [0.29, 0.717) is 13.0 Å². The number of hydrogen-bond donors (Lipinski definition) is 1. The van der Waals surface area contributed by atoms with Gasteiger partial charge in [-0.2, -0.15) is 0 Å². The van der Waals surface area contributed by atoms with Crippen LogP contribution in [0.5, 0.6) is 5.75 Å². The maximum atomic E-state index is 14.3. The molecule has 3 saturated heterocycles. The summed E-state index contributed by atoms with van der Waals surface area (Å²) in [6.45, 7) is 5.36. The normalized spacial score (nSPS) is 24.4. The molecule has 262 valence electrons. The molecule has 3 aromatic carbocycles. The summed E-state index contributed by atoms with van der Waals surface area (Å²) < 4.78 is 6.61. The molecule has 51 heavy (non-hydrogen) atoms. The monoisotopic (exact) mass is 681 g/mol. The average Bonchev–Trinajstić information content (AvgIpc) is 3.70. The fourth-order valence-electron chi connectivity index (χ4n) is 9.31. The van der Waals surface area contributed by atoms with Crippen LogP contribution in [0.15, 0.2) is 102 Å². The molecule has 0 radical (unpaired) electrons. The van der Waals surface area contributed by atoms with Crippen LogP contribution >= 0.6 is 0 Å². The van der Waals surface area contributed by atoms with Crippen LogP contribution in [0.25, 0.3) is 22.4 Å². The van der Waals surface area contributed by atoms with Gasteiger partial charge in [-0.3, -0.25) is 24.4 Å². The van der Waals surface area contributed by atoms with Gasteiger partial charge in [0.2, 0.25) is 11.8 Å². The molecular formula is C44H47N3O4. The number of amides is 2. The van der Waals surface area contributed by atoms with Crippen molar-refractivity contribution in [1.82, 2.24) is 14.8 Å². The van der Waals surface area contributed by atoms with Crippen LogP contribution in [0.4, 0.5) is 0 Å². The van der Waals surface area contributed by atoms with Crippen molar-refractivity contribution in [3.05, 3.63) is 119 Å². The Labute approximate surface area is 300 Å². The molecule has 1 aliphatic carbocycles.